The number of nitrogens with two attached hydrogens (primary N) is 1. The summed E-state index contributed by atoms with van der Waals surface area (Å²) in [5, 5.41) is 3.25. The van der Waals surface area contributed by atoms with Crippen LogP contribution in [0.2, 0.25) is 5.15 Å². The molecule has 1 saturated heterocycles. The number of aromatic nitrogens is 2. The molecule has 8 nitrogen and oxygen atoms in total. The van der Waals surface area contributed by atoms with E-state index in [4.69, 9.17) is 23.9 Å². The number of aryl methyl sites for hydroxylation is 1. The fourth-order valence-electron chi connectivity index (χ4n) is 3.08. The normalized spacial score (nSPS) is 14.6. The van der Waals surface area contributed by atoms with Crippen molar-refractivity contribution >= 4 is 40.4 Å². The summed E-state index contributed by atoms with van der Waals surface area (Å²) in [6, 6.07) is 5.48. The van der Waals surface area contributed by atoms with E-state index < -0.39 is 5.91 Å². The first-order valence-electron chi connectivity index (χ1n) is 9.01. The summed E-state index contributed by atoms with van der Waals surface area (Å²) in [6.45, 7) is 13.1. The Balaban J connectivity index is 1.91. The molecule has 0 radical (unpaired) electrons. The van der Waals surface area contributed by atoms with Gasteiger partial charge in [-0.1, -0.05) is 18.5 Å². The summed E-state index contributed by atoms with van der Waals surface area (Å²) in [6.07, 6.45) is 0.536. The Morgan fingerprint density at radius 2 is 2.04 bits per heavy atom. The lowest BCUT2D eigenvalue weighted by atomic mass is 10.2. The lowest BCUT2D eigenvalue weighted by Gasteiger charge is -2.34. The second-order valence-corrected chi connectivity index (χ2v) is 6.96. The van der Waals surface area contributed by atoms with Crippen LogP contribution in [-0.2, 0) is 6.42 Å². The van der Waals surface area contributed by atoms with E-state index >= 15 is 0 Å². The second-order valence-electron chi connectivity index (χ2n) is 6.61. The van der Waals surface area contributed by atoms with Crippen LogP contribution in [0.1, 0.15) is 23.1 Å². The van der Waals surface area contributed by atoms with Gasteiger partial charge >= 0.3 is 0 Å². The average Bonchev–Trinajstić information content (AvgIpc) is 2.68. The summed E-state index contributed by atoms with van der Waals surface area (Å²) in [4.78, 5) is 28.4. The van der Waals surface area contributed by atoms with Crippen molar-refractivity contribution in [3.05, 3.63) is 46.2 Å². The molecule has 0 atom stereocenters. The number of carbonyl (C=O) groups is 1. The van der Waals surface area contributed by atoms with Crippen LogP contribution < -0.4 is 16.0 Å². The third-order valence-electron chi connectivity index (χ3n) is 4.69. The number of nitrogens with zero attached hydrogens (tertiary/aromatic N) is 5. The van der Waals surface area contributed by atoms with Gasteiger partial charge in [-0.2, -0.15) is 0 Å². The Hall–Kier alpha value is -2.89. The number of rotatable bonds is 5. The molecule has 1 aromatic carbocycles. The molecule has 1 amide bonds. The predicted molar refractivity (Wildman–Crippen MR) is 111 cm³/mol. The van der Waals surface area contributed by atoms with Gasteiger partial charge in [-0.3, -0.25) is 4.79 Å². The molecule has 1 fully saturated rings. The van der Waals surface area contributed by atoms with E-state index in [1.54, 1.807) is 6.07 Å². The molecule has 0 saturated carbocycles. The van der Waals surface area contributed by atoms with Crippen molar-refractivity contribution in [3.63, 3.8) is 0 Å². The summed E-state index contributed by atoms with van der Waals surface area (Å²) in [5.74, 6) is -0.515. The Bertz CT molecular complexity index is 933. The van der Waals surface area contributed by atoms with E-state index in [1.165, 1.54) is 0 Å². The minimum Gasteiger partial charge on any atom is -0.378 e. The number of piperazine rings is 1. The molecule has 146 valence electrons. The molecular weight excluding hydrogens is 378 g/mol. The molecule has 0 aliphatic carbocycles. The van der Waals surface area contributed by atoms with E-state index in [0.29, 0.717) is 23.5 Å². The number of amides is 1. The molecule has 9 heteroatoms. The van der Waals surface area contributed by atoms with Gasteiger partial charge in [0, 0.05) is 37.6 Å². The Kier molecular flexibility index (Phi) is 5.97. The average molecular weight is 400 g/mol. The van der Waals surface area contributed by atoms with Crippen molar-refractivity contribution in [3.8, 4) is 0 Å². The first kappa shape index (κ1) is 19.9. The predicted octanol–water partition coefficient (Wildman–Crippen LogP) is 2.84. The molecule has 0 spiro atoms. The number of carbonyl (C=O) groups excluding carboxylic acids is 1. The van der Waals surface area contributed by atoms with Gasteiger partial charge in [0.2, 0.25) is 5.69 Å². The Labute approximate surface area is 169 Å². The van der Waals surface area contributed by atoms with Gasteiger partial charge in [0.1, 0.15) is 0 Å². The van der Waals surface area contributed by atoms with Gasteiger partial charge in [-0.25, -0.2) is 14.8 Å². The highest BCUT2D eigenvalue weighted by molar-refractivity contribution is 6.30. The topological polar surface area (TPSA) is 91.7 Å². The highest BCUT2D eigenvalue weighted by Gasteiger charge is 2.19. The van der Waals surface area contributed by atoms with Gasteiger partial charge in [0.25, 0.3) is 5.91 Å². The smallest absolute Gasteiger partial charge is 0.271 e. The van der Waals surface area contributed by atoms with Crippen LogP contribution in [0.15, 0.2) is 18.2 Å². The van der Waals surface area contributed by atoms with E-state index in [9.17, 15) is 4.79 Å². The van der Waals surface area contributed by atoms with Crippen LogP contribution in [0.25, 0.3) is 4.85 Å². The minimum atomic E-state index is -0.694. The van der Waals surface area contributed by atoms with Crippen molar-refractivity contribution in [2.24, 2.45) is 5.73 Å². The van der Waals surface area contributed by atoms with Crippen LogP contribution in [-0.4, -0.2) is 54.0 Å². The number of benzene rings is 1. The number of halogens is 1. The minimum absolute atomic E-state index is 0.0220. The maximum Gasteiger partial charge on any atom is 0.271 e. The van der Waals surface area contributed by atoms with E-state index in [1.807, 2.05) is 19.1 Å². The molecule has 1 aliphatic rings. The second kappa shape index (κ2) is 8.42. The largest absolute Gasteiger partial charge is 0.378 e. The number of hydrogen-bond acceptors (Lipinski definition) is 6. The van der Waals surface area contributed by atoms with E-state index in [0.717, 1.165) is 31.9 Å². The van der Waals surface area contributed by atoms with Gasteiger partial charge in [0.15, 0.2) is 16.7 Å². The quantitative estimate of drug-likeness (QED) is 0.751. The van der Waals surface area contributed by atoms with Gasteiger partial charge in [0.05, 0.1) is 12.3 Å². The van der Waals surface area contributed by atoms with E-state index in [2.05, 4.69) is 37.0 Å². The number of primary amides is 1. The van der Waals surface area contributed by atoms with Crippen molar-refractivity contribution < 1.29 is 4.79 Å². The first-order chi connectivity index (χ1) is 13.4. The Morgan fingerprint density at radius 3 is 2.64 bits per heavy atom. The molecule has 2 heterocycles. The highest BCUT2D eigenvalue weighted by atomic mass is 35.5. The summed E-state index contributed by atoms with van der Waals surface area (Å²) >= 11 is 6.14. The van der Waals surface area contributed by atoms with Crippen LogP contribution in [0.5, 0.6) is 0 Å². The third kappa shape index (κ3) is 4.16. The number of nitrogens with one attached hydrogen (secondary N) is 1. The zero-order valence-electron chi connectivity index (χ0n) is 15.9. The molecule has 28 heavy (non-hydrogen) atoms. The van der Waals surface area contributed by atoms with Crippen LogP contribution in [0, 0.1) is 6.57 Å². The van der Waals surface area contributed by atoms with Crippen molar-refractivity contribution in [2.75, 3.05) is 43.4 Å². The summed E-state index contributed by atoms with van der Waals surface area (Å²) in [7, 11) is 2.09. The van der Waals surface area contributed by atoms with Crippen molar-refractivity contribution in [1.82, 2.24) is 14.9 Å². The third-order valence-corrected chi connectivity index (χ3v) is 4.99. The maximum absolute atomic E-state index is 11.8. The van der Waals surface area contributed by atoms with Gasteiger partial charge in [-0.15, -0.1) is 0 Å². The molecule has 3 rings (SSSR count). The summed E-state index contributed by atoms with van der Waals surface area (Å²) in [5.41, 5.74) is 8.01. The summed E-state index contributed by atoms with van der Waals surface area (Å²) < 4.78 is 0. The van der Waals surface area contributed by atoms with Crippen molar-refractivity contribution in [1.29, 1.82) is 0 Å². The Morgan fingerprint density at radius 1 is 1.32 bits per heavy atom. The van der Waals surface area contributed by atoms with Crippen molar-refractivity contribution in [2.45, 2.75) is 13.3 Å². The number of likely N-dealkylation sites (N-methyl/N-ethyl adjacent to an activating group) is 1. The zero-order valence-corrected chi connectivity index (χ0v) is 16.6. The number of anilines is 3. The standard InChI is InChI=1S/C19H22ClN7O/c1-4-13-17(20)25-19(16(24-13)18(21)28)23-12-5-6-15(14(11-12)22-2)27-9-7-26(3)8-10-27/h5-6,11H,4,7-10H2,1,3H3,(H2,21,28)(H,23,25). The molecule has 0 bridgehead atoms. The van der Waals surface area contributed by atoms with Gasteiger partial charge < -0.3 is 20.9 Å². The fraction of sp³-hybridized carbons (Fsp3) is 0.368. The fourth-order valence-corrected chi connectivity index (χ4v) is 3.34. The maximum atomic E-state index is 11.8. The lowest BCUT2D eigenvalue weighted by Crippen LogP contribution is -2.44. The molecular formula is C19H22ClN7O. The molecule has 2 aromatic rings. The molecule has 1 aliphatic heterocycles. The van der Waals surface area contributed by atoms with Crippen LogP contribution >= 0.6 is 11.6 Å². The molecule has 1 aromatic heterocycles. The van der Waals surface area contributed by atoms with Gasteiger partial charge in [-0.05, 0) is 31.7 Å². The van der Waals surface area contributed by atoms with E-state index in [-0.39, 0.29) is 16.7 Å². The van der Waals surface area contributed by atoms with Crippen LogP contribution in [0.4, 0.5) is 22.9 Å². The zero-order chi connectivity index (χ0) is 20.3. The first-order valence-corrected chi connectivity index (χ1v) is 9.39. The monoisotopic (exact) mass is 399 g/mol. The molecule has 0 unspecified atom stereocenters. The number of hydrogen-bond donors (Lipinski definition) is 2. The lowest BCUT2D eigenvalue weighted by molar-refractivity contribution is 0.0996. The highest BCUT2D eigenvalue weighted by Crippen LogP contribution is 2.33. The van der Waals surface area contributed by atoms with Crippen LogP contribution in [0.3, 0.4) is 0 Å². The SMILES string of the molecule is [C-]#[N+]c1cc(Nc2nc(Cl)c(CC)nc2C(N)=O)ccc1N1CCN(C)CC1. The molecule has 3 N–H and O–H groups in total.